The lowest BCUT2D eigenvalue weighted by atomic mass is 10.1. The minimum absolute atomic E-state index is 0.118. The normalized spacial score (nSPS) is 10.2. The third-order valence-corrected chi connectivity index (χ3v) is 4.16. The van der Waals surface area contributed by atoms with Gasteiger partial charge >= 0.3 is 0 Å². The summed E-state index contributed by atoms with van der Waals surface area (Å²) in [6.07, 6.45) is 0.857. The fourth-order valence-electron chi connectivity index (χ4n) is 2.64. The van der Waals surface area contributed by atoms with Gasteiger partial charge in [0, 0.05) is 30.3 Å². The van der Waals surface area contributed by atoms with Crippen LogP contribution in [-0.2, 0) is 11.2 Å². The van der Waals surface area contributed by atoms with E-state index in [0.717, 1.165) is 11.1 Å². The first-order valence-corrected chi connectivity index (χ1v) is 8.87. The number of rotatable bonds is 8. The van der Waals surface area contributed by atoms with Gasteiger partial charge < -0.3 is 20.1 Å². The van der Waals surface area contributed by atoms with Crippen molar-refractivity contribution in [2.45, 2.75) is 26.7 Å². The number of carbonyl (C=O) groups is 2. The highest BCUT2D eigenvalue weighted by atomic mass is 16.5. The third kappa shape index (κ3) is 5.74. The minimum Gasteiger partial charge on any atom is -0.497 e. The van der Waals surface area contributed by atoms with Crippen molar-refractivity contribution < 1.29 is 19.1 Å². The Morgan fingerprint density at radius 2 is 1.67 bits per heavy atom. The smallest absolute Gasteiger partial charge is 0.251 e. The molecule has 0 aromatic heterocycles. The molecule has 2 aromatic rings. The molecule has 0 unspecified atom stereocenters. The maximum absolute atomic E-state index is 12.4. The number of methoxy groups -OCH3 is 2. The zero-order chi connectivity index (χ0) is 19.8. The minimum atomic E-state index is -0.156. The molecule has 0 fully saturated rings. The molecule has 0 spiro atoms. The molecular formula is C21H26N2O4. The van der Waals surface area contributed by atoms with Crippen LogP contribution in [0.3, 0.4) is 0 Å². The predicted molar refractivity (Wildman–Crippen MR) is 106 cm³/mol. The van der Waals surface area contributed by atoms with Crippen LogP contribution in [-0.4, -0.2) is 32.6 Å². The van der Waals surface area contributed by atoms with Crippen LogP contribution in [0.5, 0.6) is 11.5 Å². The SMILES string of the molecule is CCNC(=O)c1ccc(C)c(NC(=O)CCc2cc(OC)cc(OC)c2)c1. The van der Waals surface area contributed by atoms with Crippen LogP contribution in [0.25, 0.3) is 0 Å². The van der Waals surface area contributed by atoms with Crippen molar-refractivity contribution in [3.05, 3.63) is 53.1 Å². The Balaban J connectivity index is 2.04. The Bertz CT molecular complexity index is 796. The maximum atomic E-state index is 12.4. The standard InChI is InChI=1S/C21H26N2O4/c1-5-22-21(25)16-8-6-14(2)19(12-16)23-20(24)9-7-15-10-17(26-3)13-18(11-15)27-4/h6,8,10-13H,5,7,9H2,1-4H3,(H,22,25)(H,23,24). The first kappa shape index (κ1) is 20.3. The van der Waals surface area contributed by atoms with Gasteiger partial charge in [0.15, 0.2) is 0 Å². The molecule has 0 atom stereocenters. The lowest BCUT2D eigenvalue weighted by molar-refractivity contribution is -0.116. The molecule has 2 amide bonds. The van der Waals surface area contributed by atoms with Crippen LogP contribution < -0.4 is 20.1 Å². The highest BCUT2D eigenvalue weighted by molar-refractivity contribution is 5.97. The van der Waals surface area contributed by atoms with Gasteiger partial charge in [0.05, 0.1) is 14.2 Å². The second-order valence-corrected chi connectivity index (χ2v) is 6.16. The average Bonchev–Trinajstić information content (AvgIpc) is 2.67. The van der Waals surface area contributed by atoms with Gasteiger partial charge in [-0.2, -0.15) is 0 Å². The predicted octanol–water partition coefficient (Wildman–Crippen LogP) is 3.33. The third-order valence-electron chi connectivity index (χ3n) is 4.16. The van der Waals surface area contributed by atoms with Gasteiger partial charge in [-0.05, 0) is 55.7 Å². The summed E-state index contributed by atoms with van der Waals surface area (Å²) in [7, 11) is 3.19. The number of ether oxygens (including phenoxy) is 2. The van der Waals surface area contributed by atoms with Gasteiger partial charge in [-0.15, -0.1) is 0 Å². The van der Waals surface area contributed by atoms with Crippen LogP contribution in [0.1, 0.15) is 34.8 Å². The summed E-state index contributed by atoms with van der Waals surface area (Å²) >= 11 is 0. The molecule has 2 aromatic carbocycles. The van der Waals surface area contributed by atoms with E-state index in [9.17, 15) is 9.59 Å². The number of aryl methyl sites for hydroxylation is 2. The Kier molecular flexibility index (Phi) is 7.23. The summed E-state index contributed by atoms with van der Waals surface area (Å²) in [5.74, 6) is 1.11. The van der Waals surface area contributed by atoms with E-state index in [1.54, 1.807) is 32.4 Å². The van der Waals surface area contributed by atoms with E-state index in [-0.39, 0.29) is 11.8 Å². The molecule has 2 rings (SSSR count). The second kappa shape index (κ2) is 9.62. The fraction of sp³-hybridized carbons (Fsp3) is 0.333. The molecule has 0 aliphatic heterocycles. The quantitative estimate of drug-likeness (QED) is 0.747. The highest BCUT2D eigenvalue weighted by Crippen LogP contribution is 2.23. The molecule has 6 nitrogen and oxygen atoms in total. The summed E-state index contributed by atoms with van der Waals surface area (Å²) in [5, 5.41) is 5.65. The first-order valence-electron chi connectivity index (χ1n) is 8.87. The molecule has 0 heterocycles. The van der Waals surface area contributed by atoms with Crippen molar-refractivity contribution in [2.75, 3.05) is 26.1 Å². The van der Waals surface area contributed by atoms with E-state index in [2.05, 4.69) is 10.6 Å². The number of anilines is 1. The van der Waals surface area contributed by atoms with Crippen LogP contribution >= 0.6 is 0 Å². The number of nitrogens with one attached hydrogen (secondary N) is 2. The lowest BCUT2D eigenvalue weighted by Gasteiger charge is -2.11. The molecule has 0 radical (unpaired) electrons. The molecule has 0 saturated carbocycles. The van der Waals surface area contributed by atoms with E-state index in [4.69, 9.17) is 9.47 Å². The number of amides is 2. The van der Waals surface area contributed by atoms with Gasteiger partial charge in [0.2, 0.25) is 5.91 Å². The Morgan fingerprint density at radius 1 is 1.00 bits per heavy atom. The van der Waals surface area contributed by atoms with Gasteiger partial charge in [-0.25, -0.2) is 0 Å². The summed E-state index contributed by atoms with van der Waals surface area (Å²) < 4.78 is 10.5. The van der Waals surface area contributed by atoms with Crippen molar-refractivity contribution in [3.8, 4) is 11.5 Å². The molecule has 0 aliphatic rings. The van der Waals surface area contributed by atoms with Crippen LogP contribution in [0.15, 0.2) is 36.4 Å². The Labute approximate surface area is 159 Å². The van der Waals surface area contributed by atoms with Crippen molar-refractivity contribution in [3.63, 3.8) is 0 Å². The van der Waals surface area contributed by atoms with Gasteiger partial charge in [0.1, 0.15) is 11.5 Å². The molecule has 0 saturated heterocycles. The summed E-state index contributed by atoms with van der Waals surface area (Å²) in [4.78, 5) is 24.4. The van der Waals surface area contributed by atoms with E-state index < -0.39 is 0 Å². The molecule has 6 heteroatoms. The van der Waals surface area contributed by atoms with Crippen LogP contribution in [0, 0.1) is 6.92 Å². The second-order valence-electron chi connectivity index (χ2n) is 6.16. The number of hydrogen-bond donors (Lipinski definition) is 2. The monoisotopic (exact) mass is 370 g/mol. The van der Waals surface area contributed by atoms with Crippen LogP contribution in [0.4, 0.5) is 5.69 Å². The van der Waals surface area contributed by atoms with Crippen molar-refractivity contribution in [1.29, 1.82) is 0 Å². The summed E-state index contributed by atoms with van der Waals surface area (Å²) in [6.45, 7) is 4.31. The molecule has 27 heavy (non-hydrogen) atoms. The highest BCUT2D eigenvalue weighted by Gasteiger charge is 2.11. The van der Waals surface area contributed by atoms with Gasteiger partial charge in [0.25, 0.3) is 5.91 Å². The largest absolute Gasteiger partial charge is 0.497 e. The average molecular weight is 370 g/mol. The number of carbonyl (C=O) groups excluding carboxylic acids is 2. The van der Waals surface area contributed by atoms with Gasteiger partial charge in [-0.1, -0.05) is 6.07 Å². The Hall–Kier alpha value is -3.02. The fourth-order valence-corrected chi connectivity index (χ4v) is 2.64. The molecule has 0 bridgehead atoms. The lowest BCUT2D eigenvalue weighted by Crippen LogP contribution is -2.23. The molecular weight excluding hydrogens is 344 g/mol. The maximum Gasteiger partial charge on any atom is 0.251 e. The van der Waals surface area contributed by atoms with E-state index in [1.165, 1.54) is 0 Å². The topological polar surface area (TPSA) is 76.7 Å². The van der Waals surface area contributed by atoms with Crippen molar-refractivity contribution >= 4 is 17.5 Å². The number of hydrogen-bond acceptors (Lipinski definition) is 4. The molecule has 0 aliphatic carbocycles. The Morgan fingerprint density at radius 3 is 2.26 bits per heavy atom. The summed E-state index contributed by atoms with van der Waals surface area (Å²) in [6, 6.07) is 10.8. The summed E-state index contributed by atoms with van der Waals surface area (Å²) in [5.41, 5.74) is 3.02. The van der Waals surface area contributed by atoms with Crippen molar-refractivity contribution in [2.24, 2.45) is 0 Å². The van der Waals surface area contributed by atoms with E-state index >= 15 is 0 Å². The van der Waals surface area contributed by atoms with E-state index in [1.807, 2.05) is 32.0 Å². The first-order chi connectivity index (χ1) is 13.0. The van der Waals surface area contributed by atoms with Crippen LogP contribution in [0.2, 0.25) is 0 Å². The van der Waals surface area contributed by atoms with Gasteiger partial charge in [-0.3, -0.25) is 9.59 Å². The van der Waals surface area contributed by atoms with Crippen molar-refractivity contribution in [1.82, 2.24) is 5.32 Å². The molecule has 144 valence electrons. The molecule has 2 N–H and O–H groups in total. The number of benzene rings is 2. The van der Waals surface area contributed by atoms with E-state index in [0.29, 0.717) is 42.1 Å². The zero-order valence-corrected chi connectivity index (χ0v) is 16.2. The zero-order valence-electron chi connectivity index (χ0n) is 16.2.